The molecule has 0 spiro atoms. The third kappa shape index (κ3) is 4.51. The van der Waals surface area contributed by atoms with E-state index in [1.165, 1.54) is 23.9 Å². The Bertz CT molecular complexity index is 1090. The summed E-state index contributed by atoms with van der Waals surface area (Å²) < 4.78 is 24.0. The largest absolute Gasteiger partial charge is 0.411 e. The number of nitrogens with zero attached hydrogens (tertiary/aromatic N) is 5. The van der Waals surface area contributed by atoms with Gasteiger partial charge in [-0.2, -0.15) is 4.98 Å². The molecule has 4 rings (SSSR count). The number of hydrogen-bond donors (Lipinski definition) is 0. The van der Waals surface area contributed by atoms with Crippen molar-refractivity contribution < 1.29 is 13.3 Å². The van der Waals surface area contributed by atoms with Crippen molar-refractivity contribution in [1.82, 2.24) is 20.3 Å². The maximum Gasteiger partial charge on any atom is 0.277 e. The normalized spacial score (nSPS) is 11.0. The summed E-state index contributed by atoms with van der Waals surface area (Å²) in [5.41, 5.74) is 2.71. The van der Waals surface area contributed by atoms with E-state index in [1.807, 2.05) is 12.1 Å². The quantitative estimate of drug-likeness (QED) is 0.362. The summed E-state index contributed by atoms with van der Waals surface area (Å²) in [6.45, 7) is 6.17. The van der Waals surface area contributed by atoms with Crippen LogP contribution in [0.25, 0.3) is 22.8 Å². The van der Waals surface area contributed by atoms with Crippen molar-refractivity contribution in [3.05, 3.63) is 60.2 Å². The molecular weight excluding hydrogens is 405 g/mol. The van der Waals surface area contributed by atoms with Gasteiger partial charge in [-0.15, -0.1) is 10.2 Å². The number of halogens is 1. The van der Waals surface area contributed by atoms with E-state index in [2.05, 4.69) is 51.2 Å². The predicted molar refractivity (Wildman–Crippen MR) is 113 cm³/mol. The molecule has 0 aliphatic heterocycles. The molecule has 4 aromatic rings. The maximum atomic E-state index is 13.0. The smallest absolute Gasteiger partial charge is 0.277 e. The van der Waals surface area contributed by atoms with Crippen LogP contribution in [0.15, 0.2) is 62.7 Å². The molecule has 0 radical (unpaired) electrons. The minimum Gasteiger partial charge on any atom is -0.411 e. The van der Waals surface area contributed by atoms with Crippen LogP contribution in [-0.4, -0.2) is 33.4 Å². The molecule has 0 N–H and O–H groups in total. The Labute approximate surface area is 177 Å². The van der Waals surface area contributed by atoms with Crippen molar-refractivity contribution in [3.8, 4) is 22.8 Å². The Hall–Kier alpha value is -3.20. The molecule has 0 saturated heterocycles. The molecule has 154 valence electrons. The van der Waals surface area contributed by atoms with Gasteiger partial charge in [0.1, 0.15) is 5.82 Å². The summed E-state index contributed by atoms with van der Waals surface area (Å²) in [7, 11) is 0. The van der Waals surface area contributed by atoms with E-state index in [1.54, 1.807) is 12.1 Å². The van der Waals surface area contributed by atoms with Gasteiger partial charge in [0.25, 0.3) is 5.22 Å². The van der Waals surface area contributed by atoms with Crippen LogP contribution in [0.4, 0.5) is 10.1 Å². The SMILES string of the molecule is CCN(CC)c1ccc(-c2nnc(SCc3nc(-c4ccc(F)cc4)no3)o2)cc1. The predicted octanol–water partition coefficient (Wildman–Crippen LogP) is 5.06. The van der Waals surface area contributed by atoms with Crippen LogP contribution in [-0.2, 0) is 5.75 Å². The lowest BCUT2D eigenvalue weighted by molar-refractivity contribution is 0.391. The fourth-order valence-electron chi connectivity index (χ4n) is 2.94. The maximum absolute atomic E-state index is 13.0. The molecule has 0 aliphatic carbocycles. The highest BCUT2D eigenvalue weighted by atomic mass is 32.2. The van der Waals surface area contributed by atoms with Crippen LogP contribution in [0.2, 0.25) is 0 Å². The Morgan fingerprint density at radius 3 is 2.33 bits per heavy atom. The van der Waals surface area contributed by atoms with Crippen LogP contribution in [0.3, 0.4) is 0 Å². The molecule has 0 bridgehead atoms. The molecule has 2 aromatic carbocycles. The summed E-state index contributed by atoms with van der Waals surface area (Å²) >= 11 is 1.31. The van der Waals surface area contributed by atoms with Crippen LogP contribution in [0.5, 0.6) is 0 Å². The number of hydrogen-bond acceptors (Lipinski definition) is 8. The second kappa shape index (κ2) is 9.08. The van der Waals surface area contributed by atoms with Gasteiger partial charge < -0.3 is 13.8 Å². The van der Waals surface area contributed by atoms with Gasteiger partial charge in [0.15, 0.2) is 0 Å². The topological polar surface area (TPSA) is 81.1 Å². The van der Waals surface area contributed by atoms with Gasteiger partial charge >= 0.3 is 0 Å². The van der Waals surface area contributed by atoms with Gasteiger partial charge in [0, 0.05) is 29.9 Å². The van der Waals surface area contributed by atoms with E-state index in [4.69, 9.17) is 8.94 Å². The summed E-state index contributed by atoms with van der Waals surface area (Å²) in [4.78, 5) is 6.58. The zero-order valence-corrected chi connectivity index (χ0v) is 17.4. The number of aromatic nitrogens is 4. The van der Waals surface area contributed by atoms with Crippen molar-refractivity contribution in [1.29, 1.82) is 0 Å². The van der Waals surface area contributed by atoms with Crippen molar-refractivity contribution in [2.75, 3.05) is 18.0 Å². The Balaban J connectivity index is 1.39. The Morgan fingerprint density at radius 2 is 1.63 bits per heavy atom. The molecule has 2 aromatic heterocycles. The zero-order valence-electron chi connectivity index (χ0n) is 16.6. The monoisotopic (exact) mass is 425 g/mol. The first-order valence-electron chi connectivity index (χ1n) is 9.56. The minimum absolute atomic E-state index is 0.312. The Morgan fingerprint density at radius 1 is 0.933 bits per heavy atom. The second-order valence-corrected chi connectivity index (χ2v) is 7.33. The van der Waals surface area contributed by atoms with Gasteiger partial charge in [0.05, 0.1) is 5.75 Å². The molecule has 0 unspecified atom stereocenters. The lowest BCUT2D eigenvalue weighted by atomic mass is 10.2. The average Bonchev–Trinajstić information content (AvgIpc) is 3.44. The first kappa shape index (κ1) is 20.1. The third-order valence-electron chi connectivity index (χ3n) is 4.54. The molecule has 2 heterocycles. The lowest BCUT2D eigenvalue weighted by Crippen LogP contribution is -2.21. The van der Waals surface area contributed by atoms with E-state index < -0.39 is 0 Å². The molecule has 0 fully saturated rings. The van der Waals surface area contributed by atoms with Crippen LogP contribution < -0.4 is 4.90 Å². The first-order valence-corrected chi connectivity index (χ1v) is 10.5. The highest BCUT2D eigenvalue weighted by Gasteiger charge is 2.13. The highest BCUT2D eigenvalue weighted by Crippen LogP contribution is 2.27. The van der Waals surface area contributed by atoms with E-state index in [0.29, 0.717) is 34.1 Å². The second-order valence-electron chi connectivity index (χ2n) is 6.40. The van der Waals surface area contributed by atoms with Crippen molar-refractivity contribution >= 4 is 17.4 Å². The lowest BCUT2D eigenvalue weighted by Gasteiger charge is -2.20. The molecule has 9 heteroatoms. The Kier molecular flexibility index (Phi) is 6.08. The van der Waals surface area contributed by atoms with Gasteiger partial charge in [-0.1, -0.05) is 16.9 Å². The number of benzene rings is 2. The van der Waals surface area contributed by atoms with E-state index in [9.17, 15) is 4.39 Å². The number of rotatable bonds is 8. The summed E-state index contributed by atoms with van der Waals surface area (Å²) in [6, 6.07) is 14.0. The average molecular weight is 425 g/mol. The third-order valence-corrected chi connectivity index (χ3v) is 5.34. The zero-order chi connectivity index (χ0) is 20.9. The first-order chi connectivity index (χ1) is 14.7. The summed E-state index contributed by atoms with van der Waals surface area (Å²) in [5.74, 6) is 1.36. The highest BCUT2D eigenvalue weighted by molar-refractivity contribution is 7.98. The molecule has 0 saturated carbocycles. The van der Waals surface area contributed by atoms with Gasteiger partial charge in [-0.25, -0.2) is 4.39 Å². The van der Waals surface area contributed by atoms with Gasteiger partial charge in [-0.3, -0.25) is 0 Å². The number of thioether (sulfide) groups is 1. The fraction of sp³-hybridized carbons (Fsp3) is 0.238. The molecule has 30 heavy (non-hydrogen) atoms. The molecule has 7 nitrogen and oxygen atoms in total. The van der Waals surface area contributed by atoms with Crippen molar-refractivity contribution in [2.24, 2.45) is 0 Å². The minimum atomic E-state index is -0.312. The molecule has 0 amide bonds. The van der Waals surface area contributed by atoms with Crippen molar-refractivity contribution in [2.45, 2.75) is 24.8 Å². The van der Waals surface area contributed by atoms with E-state index in [-0.39, 0.29) is 5.82 Å². The van der Waals surface area contributed by atoms with Crippen LogP contribution in [0, 0.1) is 5.82 Å². The van der Waals surface area contributed by atoms with Crippen LogP contribution >= 0.6 is 11.8 Å². The summed E-state index contributed by atoms with van der Waals surface area (Å²) in [6.07, 6.45) is 0. The number of anilines is 1. The standard InChI is InChI=1S/C21H20FN5O2S/c1-3-27(4-2)17-11-7-15(8-12-17)20-24-25-21(28-20)30-13-18-23-19(26-29-18)14-5-9-16(22)10-6-14/h5-12H,3-4,13H2,1-2H3. The van der Waals surface area contributed by atoms with Gasteiger partial charge in [0.2, 0.25) is 17.6 Å². The fourth-order valence-corrected chi connectivity index (χ4v) is 3.54. The molecule has 0 atom stereocenters. The van der Waals surface area contributed by atoms with E-state index in [0.717, 1.165) is 24.3 Å². The van der Waals surface area contributed by atoms with E-state index >= 15 is 0 Å². The van der Waals surface area contributed by atoms with Crippen LogP contribution in [0.1, 0.15) is 19.7 Å². The molecular formula is C21H20FN5O2S. The summed E-state index contributed by atoms with van der Waals surface area (Å²) in [5, 5.41) is 12.5. The van der Waals surface area contributed by atoms with Crippen molar-refractivity contribution in [3.63, 3.8) is 0 Å². The van der Waals surface area contributed by atoms with Gasteiger partial charge in [-0.05, 0) is 62.4 Å². The molecule has 0 aliphatic rings.